The minimum Gasteiger partial charge on any atom is -0.467 e. The molecule has 1 aliphatic heterocycles. The first kappa shape index (κ1) is 22.7. The fraction of sp³-hybridized carbons (Fsp3) is 0.458. The molecule has 1 unspecified atom stereocenters. The Kier molecular flexibility index (Phi) is 6.65. The number of para-hydroxylation sites is 1. The van der Waals surface area contributed by atoms with Gasteiger partial charge in [0, 0.05) is 18.5 Å². The van der Waals surface area contributed by atoms with Crippen LogP contribution < -0.4 is 0 Å². The van der Waals surface area contributed by atoms with Crippen LogP contribution in [0.1, 0.15) is 57.8 Å². The SMILES string of the molecule is C=C(O/C(C)=C(\C)C(C)(C)O)C1CC[C@@H](C)N(C(=O)c2ccccc2-n2nccn2)C1. The van der Waals surface area contributed by atoms with Crippen molar-refractivity contribution >= 4 is 5.91 Å². The van der Waals surface area contributed by atoms with Gasteiger partial charge in [-0.15, -0.1) is 0 Å². The lowest BCUT2D eigenvalue weighted by Crippen LogP contribution is -2.46. The number of benzene rings is 1. The van der Waals surface area contributed by atoms with Crippen molar-refractivity contribution < 1.29 is 14.6 Å². The summed E-state index contributed by atoms with van der Waals surface area (Å²) in [6.45, 7) is 13.9. The molecule has 31 heavy (non-hydrogen) atoms. The van der Waals surface area contributed by atoms with Crippen molar-refractivity contribution in [3.8, 4) is 5.69 Å². The number of hydrogen-bond donors (Lipinski definition) is 1. The summed E-state index contributed by atoms with van der Waals surface area (Å²) in [6, 6.07) is 7.47. The van der Waals surface area contributed by atoms with Crippen LogP contribution in [0.4, 0.5) is 0 Å². The Morgan fingerprint density at radius 1 is 1.19 bits per heavy atom. The maximum Gasteiger partial charge on any atom is 0.256 e. The van der Waals surface area contributed by atoms with Crippen LogP contribution in [-0.4, -0.2) is 49.1 Å². The standard InChI is InChI=1S/C24H32N4O3/c1-16-11-12-20(19(4)31-18(3)17(2)24(5,6)30)15-27(16)23(29)21-9-7-8-10-22(21)28-25-13-14-26-28/h7-10,13-14,16,20,30H,4,11-12,15H2,1-3,5-6H3/b18-17+/t16-,20?/m1/s1. The van der Waals surface area contributed by atoms with E-state index in [1.54, 1.807) is 26.2 Å². The fourth-order valence-electron chi connectivity index (χ4n) is 3.76. The van der Waals surface area contributed by atoms with Gasteiger partial charge in [-0.1, -0.05) is 18.7 Å². The van der Waals surface area contributed by atoms with E-state index in [0.717, 1.165) is 18.4 Å². The van der Waals surface area contributed by atoms with Crippen LogP contribution in [0.3, 0.4) is 0 Å². The molecule has 0 spiro atoms. The predicted molar refractivity (Wildman–Crippen MR) is 119 cm³/mol. The summed E-state index contributed by atoms with van der Waals surface area (Å²) in [5, 5.41) is 18.6. The number of allylic oxidation sites excluding steroid dienone is 1. The summed E-state index contributed by atoms with van der Waals surface area (Å²) >= 11 is 0. The fourth-order valence-corrected chi connectivity index (χ4v) is 3.76. The van der Waals surface area contributed by atoms with E-state index < -0.39 is 5.60 Å². The molecular formula is C24H32N4O3. The highest BCUT2D eigenvalue weighted by Crippen LogP contribution is 2.31. The number of carbonyl (C=O) groups excluding carboxylic acids is 1. The Hall–Kier alpha value is -2.93. The molecule has 166 valence electrons. The second-order valence-electron chi connectivity index (χ2n) is 8.73. The van der Waals surface area contributed by atoms with Crippen LogP contribution in [0.25, 0.3) is 5.69 Å². The first-order chi connectivity index (χ1) is 14.6. The van der Waals surface area contributed by atoms with Crippen molar-refractivity contribution in [1.82, 2.24) is 19.9 Å². The number of piperidine rings is 1. The summed E-state index contributed by atoms with van der Waals surface area (Å²) in [5.41, 5.74) is 1.01. The quantitative estimate of drug-likeness (QED) is 0.706. The number of carbonyl (C=O) groups is 1. The van der Waals surface area contributed by atoms with Crippen LogP contribution in [0.15, 0.2) is 60.3 Å². The molecule has 1 aromatic heterocycles. The van der Waals surface area contributed by atoms with Gasteiger partial charge in [0.25, 0.3) is 5.91 Å². The summed E-state index contributed by atoms with van der Waals surface area (Å²) in [5.74, 6) is 1.22. The predicted octanol–water partition coefficient (Wildman–Crippen LogP) is 4.10. The second kappa shape index (κ2) is 9.06. The number of hydrogen-bond acceptors (Lipinski definition) is 5. The zero-order valence-electron chi connectivity index (χ0n) is 19.0. The maximum absolute atomic E-state index is 13.5. The molecule has 1 aromatic carbocycles. The van der Waals surface area contributed by atoms with Crippen molar-refractivity contribution in [2.45, 2.75) is 59.1 Å². The zero-order valence-corrected chi connectivity index (χ0v) is 19.0. The van der Waals surface area contributed by atoms with Crippen molar-refractivity contribution in [3.05, 3.63) is 65.9 Å². The minimum absolute atomic E-state index is 0.0136. The van der Waals surface area contributed by atoms with Crippen LogP contribution >= 0.6 is 0 Å². The normalized spacial score (nSPS) is 20.3. The Labute approximate surface area is 184 Å². The van der Waals surface area contributed by atoms with Crippen LogP contribution in [-0.2, 0) is 4.74 Å². The number of rotatable bonds is 6. The molecular weight excluding hydrogens is 392 g/mol. The Morgan fingerprint density at radius 3 is 2.48 bits per heavy atom. The highest BCUT2D eigenvalue weighted by atomic mass is 16.5. The first-order valence-corrected chi connectivity index (χ1v) is 10.6. The largest absolute Gasteiger partial charge is 0.467 e. The van der Waals surface area contributed by atoms with Crippen LogP contribution in [0, 0.1) is 5.92 Å². The van der Waals surface area contributed by atoms with Crippen molar-refractivity contribution in [2.75, 3.05) is 6.54 Å². The van der Waals surface area contributed by atoms with E-state index in [2.05, 4.69) is 23.7 Å². The maximum atomic E-state index is 13.5. The molecule has 1 aliphatic rings. The van der Waals surface area contributed by atoms with E-state index in [1.807, 2.05) is 43.0 Å². The molecule has 1 amide bonds. The molecule has 7 heteroatoms. The number of amides is 1. The van der Waals surface area contributed by atoms with Crippen molar-refractivity contribution in [2.24, 2.45) is 5.92 Å². The summed E-state index contributed by atoms with van der Waals surface area (Å²) in [4.78, 5) is 16.8. The zero-order chi connectivity index (χ0) is 22.8. The molecule has 7 nitrogen and oxygen atoms in total. The monoisotopic (exact) mass is 424 g/mol. The Balaban J connectivity index is 1.79. The van der Waals surface area contributed by atoms with Gasteiger partial charge in [0.1, 0.15) is 11.5 Å². The van der Waals surface area contributed by atoms with E-state index >= 15 is 0 Å². The highest BCUT2D eigenvalue weighted by molar-refractivity contribution is 5.98. The van der Waals surface area contributed by atoms with Crippen molar-refractivity contribution in [1.29, 1.82) is 0 Å². The minimum atomic E-state index is -0.961. The van der Waals surface area contributed by atoms with Gasteiger partial charge in [0.05, 0.1) is 29.2 Å². The van der Waals surface area contributed by atoms with Gasteiger partial charge in [-0.3, -0.25) is 4.79 Å². The molecule has 0 aliphatic carbocycles. The Bertz CT molecular complexity index is 973. The van der Waals surface area contributed by atoms with Crippen LogP contribution in [0.2, 0.25) is 0 Å². The lowest BCUT2D eigenvalue weighted by molar-refractivity contribution is 0.0541. The van der Waals surface area contributed by atoms with E-state index in [-0.39, 0.29) is 17.9 Å². The molecule has 0 bridgehead atoms. The molecule has 0 radical (unpaired) electrons. The third-order valence-electron chi connectivity index (χ3n) is 6.10. The topological polar surface area (TPSA) is 80.5 Å². The molecule has 2 atom stereocenters. The van der Waals surface area contributed by atoms with E-state index in [0.29, 0.717) is 29.3 Å². The van der Waals surface area contributed by atoms with Gasteiger partial charge in [0.15, 0.2) is 0 Å². The van der Waals surface area contributed by atoms with Gasteiger partial charge in [-0.05, 0) is 65.2 Å². The molecule has 1 fully saturated rings. The number of ether oxygens (including phenoxy) is 1. The molecule has 1 N–H and O–H groups in total. The van der Waals surface area contributed by atoms with Gasteiger partial charge < -0.3 is 14.7 Å². The summed E-state index contributed by atoms with van der Waals surface area (Å²) in [6.07, 6.45) is 4.93. The number of aromatic nitrogens is 3. The Morgan fingerprint density at radius 2 is 1.84 bits per heavy atom. The number of nitrogens with zero attached hydrogens (tertiary/aromatic N) is 4. The third-order valence-corrected chi connectivity index (χ3v) is 6.10. The first-order valence-electron chi connectivity index (χ1n) is 10.6. The van der Waals surface area contributed by atoms with E-state index in [9.17, 15) is 9.90 Å². The lowest BCUT2D eigenvalue weighted by atomic mass is 9.91. The van der Waals surface area contributed by atoms with Gasteiger partial charge in [-0.25, -0.2) is 0 Å². The smallest absolute Gasteiger partial charge is 0.256 e. The molecule has 1 saturated heterocycles. The average Bonchev–Trinajstić information content (AvgIpc) is 3.27. The van der Waals surface area contributed by atoms with Crippen LogP contribution in [0.5, 0.6) is 0 Å². The van der Waals surface area contributed by atoms with Crippen molar-refractivity contribution in [3.63, 3.8) is 0 Å². The van der Waals surface area contributed by atoms with E-state index in [4.69, 9.17) is 4.74 Å². The average molecular weight is 425 g/mol. The summed E-state index contributed by atoms with van der Waals surface area (Å²) in [7, 11) is 0. The van der Waals surface area contributed by atoms with Gasteiger partial charge in [0.2, 0.25) is 0 Å². The number of aliphatic hydroxyl groups is 1. The molecule has 2 aromatic rings. The molecule has 2 heterocycles. The lowest BCUT2D eigenvalue weighted by Gasteiger charge is -2.39. The van der Waals surface area contributed by atoms with Gasteiger partial charge in [-0.2, -0.15) is 15.0 Å². The van der Waals surface area contributed by atoms with E-state index in [1.165, 1.54) is 4.80 Å². The summed E-state index contributed by atoms with van der Waals surface area (Å²) < 4.78 is 5.99. The molecule has 3 rings (SSSR count). The third kappa shape index (κ3) is 5.05. The van der Waals surface area contributed by atoms with Gasteiger partial charge >= 0.3 is 0 Å². The second-order valence-corrected chi connectivity index (χ2v) is 8.73. The highest BCUT2D eigenvalue weighted by Gasteiger charge is 2.33. The molecule has 0 saturated carbocycles. The number of likely N-dealkylation sites (tertiary alicyclic amines) is 1.